The van der Waals surface area contributed by atoms with Crippen LogP contribution in [0.5, 0.6) is 0 Å². The predicted molar refractivity (Wildman–Crippen MR) is 101 cm³/mol. The van der Waals surface area contributed by atoms with E-state index in [9.17, 15) is 19.2 Å². The molecule has 3 aliphatic rings. The standard InChI is InChI=1S/C19H29N5O4/c1-2-3-8-23-16(26)13(14(20)21)17(27)24(18(23)28)12-4-6-19(7-5-12)9-11(10-19)15(22)25/h11-12H,2-10,20-21H2,1H3,(H2,22,25). The second-order valence-electron chi connectivity index (χ2n) is 8.34. The Hall–Kier alpha value is -2.58. The van der Waals surface area contributed by atoms with E-state index in [0.717, 1.165) is 37.0 Å². The fourth-order valence-electron chi connectivity index (χ4n) is 4.80. The number of urea groups is 1. The van der Waals surface area contributed by atoms with Gasteiger partial charge in [0.2, 0.25) is 5.91 Å². The number of nitrogens with two attached hydrogens (primary N) is 3. The minimum Gasteiger partial charge on any atom is -0.385 e. The Kier molecular flexibility index (Phi) is 5.36. The SMILES string of the molecule is CCCCN1C(=O)C(=C(N)N)C(=O)N(C2CCC3(CC2)CC(C(N)=O)C3)C1=O. The lowest BCUT2D eigenvalue weighted by atomic mass is 9.55. The average molecular weight is 391 g/mol. The second-order valence-corrected chi connectivity index (χ2v) is 8.34. The number of nitrogens with zero attached hydrogens (tertiary/aromatic N) is 2. The number of unbranched alkanes of at least 4 members (excludes halogenated alkanes) is 1. The van der Waals surface area contributed by atoms with Gasteiger partial charge in [-0.3, -0.25) is 24.2 Å². The van der Waals surface area contributed by atoms with E-state index in [0.29, 0.717) is 19.3 Å². The van der Waals surface area contributed by atoms with Crippen LogP contribution < -0.4 is 17.2 Å². The monoisotopic (exact) mass is 391 g/mol. The van der Waals surface area contributed by atoms with Crippen molar-refractivity contribution < 1.29 is 19.2 Å². The summed E-state index contributed by atoms with van der Waals surface area (Å²) in [7, 11) is 0. The molecule has 1 spiro atoms. The molecule has 154 valence electrons. The molecule has 1 aliphatic heterocycles. The van der Waals surface area contributed by atoms with Gasteiger partial charge in [0.15, 0.2) is 0 Å². The molecule has 28 heavy (non-hydrogen) atoms. The van der Waals surface area contributed by atoms with Crippen LogP contribution >= 0.6 is 0 Å². The van der Waals surface area contributed by atoms with E-state index >= 15 is 0 Å². The summed E-state index contributed by atoms with van der Waals surface area (Å²) in [6.45, 7) is 2.18. The molecule has 0 bridgehead atoms. The summed E-state index contributed by atoms with van der Waals surface area (Å²) in [6, 6.07) is -0.886. The first-order valence-electron chi connectivity index (χ1n) is 9.94. The molecule has 3 fully saturated rings. The molecule has 0 aromatic rings. The summed E-state index contributed by atoms with van der Waals surface area (Å²) in [4.78, 5) is 52.0. The maximum absolute atomic E-state index is 13.0. The Morgan fingerprint density at radius 2 is 1.68 bits per heavy atom. The summed E-state index contributed by atoms with van der Waals surface area (Å²) in [5.74, 6) is -2.09. The number of amides is 5. The highest BCUT2D eigenvalue weighted by Gasteiger charge is 2.52. The fraction of sp³-hybridized carbons (Fsp3) is 0.684. The van der Waals surface area contributed by atoms with Crippen LogP contribution in [0, 0.1) is 11.3 Å². The zero-order chi connectivity index (χ0) is 20.6. The molecule has 0 aromatic heterocycles. The van der Waals surface area contributed by atoms with Crippen molar-refractivity contribution in [3.63, 3.8) is 0 Å². The zero-order valence-electron chi connectivity index (χ0n) is 16.3. The molecule has 0 aromatic carbocycles. The smallest absolute Gasteiger partial charge is 0.334 e. The largest absolute Gasteiger partial charge is 0.385 e. The van der Waals surface area contributed by atoms with Gasteiger partial charge in [-0.1, -0.05) is 13.3 Å². The Bertz CT molecular complexity index is 727. The first-order chi connectivity index (χ1) is 13.2. The van der Waals surface area contributed by atoms with E-state index in [1.807, 2.05) is 6.92 Å². The van der Waals surface area contributed by atoms with Gasteiger partial charge >= 0.3 is 6.03 Å². The summed E-state index contributed by atoms with van der Waals surface area (Å²) in [5.41, 5.74) is 16.4. The zero-order valence-corrected chi connectivity index (χ0v) is 16.3. The van der Waals surface area contributed by atoms with Gasteiger partial charge in [0, 0.05) is 18.5 Å². The highest BCUT2D eigenvalue weighted by molar-refractivity contribution is 6.29. The first-order valence-corrected chi connectivity index (χ1v) is 9.94. The van der Waals surface area contributed by atoms with Crippen LogP contribution in [-0.4, -0.2) is 46.1 Å². The number of rotatable bonds is 5. The van der Waals surface area contributed by atoms with Gasteiger partial charge < -0.3 is 17.2 Å². The van der Waals surface area contributed by atoms with Gasteiger partial charge in [0.1, 0.15) is 11.4 Å². The van der Waals surface area contributed by atoms with Crippen molar-refractivity contribution in [1.29, 1.82) is 0 Å². The Labute approximate surface area is 164 Å². The number of hydrogen-bond acceptors (Lipinski definition) is 6. The van der Waals surface area contributed by atoms with Gasteiger partial charge in [0.05, 0.1) is 0 Å². The summed E-state index contributed by atoms with van der Waals surface area (Å²) < 4.78 is 0. The molecule has 5 amide bonds. The van der Waals surface area contributed by atoms with Gasteiger partial charge in [-0.05, 0) is 50.4 Å². The Balaban J connectivity index is 1.76. The van der Waals surface area contributed by atoms with Gasteiger partial charge in [-0.25, -0.2) is 4.79 Å². The molecular formula is C19H29N5O4. The number of primary amides is 1. The van der Waals surface area contributed by atoms with Crippen molar-refractivity contribution in [2.45, 2.75) is 64.3 Å². The van der Waals surface area contributed by atoms with E-state index < -0.39 is 17.8 Å². The predicted octanol–water partition coefficient (Wildman–Crippen LogP) is 0.531. The minimum atomic E-state index is -0.713. The quantitative estimate of drug-likeness (QED) is 0.459. The van der Waals surface area contributed by atoms with Crippen LogP contribution in [0.3, 0.4) is 0 Å². The lowest BCUT2D eigenvalue weighted by Gasteiger charge is -2.52. The van der Waals surface area contributed by atoms with Crippen LogP contribution in [0.25, 0.3) is 0 Å². The van der Waals surface area contributed by atoms with E-state index in [-0.39, 0.29) is 41.2 Å². The molecule has 2 aliphatic carbocycles. The molecular weight excluding hydrogens is 362 g/mol. The molecule has 3 rings (SSSR count). The molecule has 9 heteroatoms. The van der Waals surface area contributed by atoms with E-state index in [4.69, 9.17) is 17.2 Å². The number of imide groups is 2. The van der Waals surface area contributed by atoms with Crippen molar-refractivity contribution in [1.82, 2.24) is 9.80 Å². The van der Waals surface area contributed by atoms with Crippen LogP contribution in [-0.2, 0) is 14.4 Å². The highest BCUT2D eigenvalue weighted by Crippen LogP contribution is 2.55. The first kappa shape index (κ1) is 20.2. The maximum Gasteiger partial charge on any atom is 0.334 e. The van der Waals surface area contributed by atoms with E-state index in [1.165, 1.54) is 4.90 Å². The molecule has 6 N–H and O–H groups in total. The summed E-state index contributed by atoms with van der Waals surface area (Å²) in [6.07, 6.45) is 5.90. The lowest BCUT2D eigenvalue weighted by Crippen LogP contribution is -2.61. The third kappa shape index (κ3) is 3.33. The third-order valence-electron chi connectivity index (χ3n) is 6.49. The maximum atomic E-state index is 13.0. The number of hydrogen-bond donors (Lipinski definition) is 3. The summed E-state index contributed by atoms with van der Waals surface area (Å²) >= 11 is 0. The topological polar surface area (TPSA) is 153 Å². The van der Waals surface area contributed by atoms with Gasteiger partial charge in [-0.15, -0.1) is 0 Å². The van der Waals surface area contributed by atoms with Crippen molar-refractivity contribution in [3.05, 3.63) is 11.4 Å². The normalized spacial score (nSPS) is 30.6. The number of carbonyl (C=O) groups excluding carboxylic acids is 4. The van der Waals surface area contributed by atoms with Crippen molar-refractivity contribution in [2.24, 2.45) is 28.5 Å². The molecule has 1 heterocycles. The molecule has 0 unspecified atom stereocenters. The van der Waals surface area contributed by atoms with Gasteiger partial charge in [-0.2, -0.15) is 0 Å². The van der Waals surface area contributed by atoms with Crippen molar-refractivity contribution in [2.75, 3.05) is 6.54 Å². The van der Waals surface area contributed by atoms with E-state index in [2.05, 4.69) is 0 Å². The fourth-order valence-corrected chi connectivity index (χ4v) is 4.80. The second kappa shape index (κ2) is 7.44. The molecule has 0 radical (unpaired) electrons. The number of carbonyl (C=O) groups is 4. The van der Waals surface area contributed by atoms with Crippen LogP contribution in [0.15, 0.2) is 11.4 Å². The van der Waals surface area contributed by atoms with Crippen LogP contribution in [0.4, 0.5) is 4.79 Å². The molecule has 1 saturated heterocycles. The third-order valence-corrected chi connectivity index (χ3v) is 6.49. The number of barbiturate groups is 1. The highest BCUT2D eigenvalue weighted by atomic mass is 16.2. The summed E-state index contributed by atoms with van der Waals surface area (Å²) in [5, 5.41) is 0. The lowest BCUT2D eigenvalue weighted by molar-refractivity contribution is -0.139. The van der Waals surface area contributed by atoms with Crippen molar-refractivity contribution >= 4 is 23.8 Å². The van der Waals surface area contributed by atoms with Crippen LogP contribution in [0.1, 0.15) is 58.3 Å². The molecule has 0 atom stereocenters. The van der Waals surface area contributed by atoms with Crippen LogP contribution in [0.2, 0.25) is 0 Å². The minimum absolute atomic E-state index is 0.0662. The molecule has 9 nitrogen and oxygen atoms in total. The van der Waals surface area contributed by atoms with E-state index in [1.54, 1.807) is 0 Å². The van der Waals surface area contributed by atoms with Crippen molar-refractivity contribution in [3.8, 4) is 0 Å². The average Bonchev–Trinajstić information content (AvgIpc) is 2.59. The van der Waals surface area contributed by atoms with Gasteiger partial charge in [0.25, 0.3) is 11.8 Å². The Morgan fingerprint density at radius 1 is 1.07 bits per heavy atom. The molecule has 2 saturated carbocycles. The Morgan fingerprint density at radius 3 is 2.18 bits per heavy atom.